The van der Waals surface area contributed by atoms with Gasteiger partial charge in [0.15, 0.2) is 11.5 Å². The third-order valence-corrected chi connectivity index (χ3v) is 5.83. The number of ketones is 1. The predicted molar refractivity (Wildman–Crippen MR) is 110 cm³/mol. The highest BCUT2D eigenvalue weighted by molar-refractivity contribution is 5.77. The summed E-state index contributed by atoms with van der Waals surface area (Å²) in [5, 5.41) is 0. The second kappa shape index (κ2) is 8.54. The number of carbonyl (C=O) groups excluding carboxylic acids is 1. The average molecular weight is 397 g/mol. The van der Waals surface area contributed by atoms with Gasteiger partial charge < -0.3 is 9.47 Å². The maximum Gasteiger partial charge on any atom is 0.161 e. The van der Waals surface area contributed by atoms with Gasteiger partial charge in [0.1, 0.15) is 24.8 Å². The third kappa shape index (κ3) is 4.30. The lowest BCUT2D eigenvalue weighted by Gasteiger charge is -2.24. The van der Waals surface area contributed by atoms with E-state index in [9.17, 15) is 9.18 Å². The van der Waals surface area contributed by atoms with Crippen molar-refractivity contribution in [1.29, 1.82) is 0 Å². The molecule has 1 fully saturated rings. The number of benzene rings is 2. The van der Waals surface area contributed by atoms with Gasteiger partial charge in [-0.2, -0.15) is 0 Å². The Morgan fingerprint density at radius 3 is 2.66 bits per heavy atom. The Morgan fingerprint density at radius 1 is 1.14 bits per heavy atom. The number of Topliss-reactive ketones (excluding diaryl/α,β-unsaturated/α-hetero) is 1. The zero-order chi connectivity index (χ0) is 20.4. The molecule has 2 aromatic rings. The standard InChI is InChI=1S/C24H28FNO3/c1-3-4-17-5-7-20(21(25)11-17)22-12-19(15-26(22)14-16(2)27)18-6-8-23-24(13-18)29-10-9-28-23/h5-8,11,13,19,22H,3-4,9-10,12,14-15H2,1-2H3/t19?,22-/m1/s1. The van der Waals surface area contributed by atoms with Crippen LogP contribution in [-0.2, 0) is 11.2 Å². The first kappa shape index (κ1) is 19.9. The molecule has 1 unspecified atom stereocenters. The average Bonchev–Trinajstić information content (AvgIpc) is 3.11. The van der Waals surface area contributed by atoms with Gasteiger partial charge in [0.25, 0.3) is 0 Å². The van der Waals surface area contributed by atoms with Crippen LogP contribution in [0.25, 0.3) is 0 Å². The molecule has 0 spiro atoms. The molecule has 0 aromatic heterocycles. The number of ether oxygens (including phenoxy) is 2. The number of hydrogen-bond acceptors (Lipinski definition) is 4. The van der Waals surface area contributed by atoms with Gasteiger partial charge >= 0.3 is 0 Å². The Balaban J connectivity index is 1.61. The summed E-state index contributed by atoms with van der Waals surface area (Å²) < 4.78 is 26.3. The minimum Gasteiger partial charge on any atom is -0.486 e. The summed E-state index contributed by atoms with van der Waals surface area (Å²) in [6, 6.07) is 11.5. The largest absolute Gasteiger partial charge is 0.486 e. The number of aryl methyl sites for hydroxylation is 1. The molecule has 0 radical (unpaired) electrons. The van der Waals surface area contributed by atoms with Crippen LogP contribution in [0.15, 0.2) is 36.4 Å². The van der Waals surface area contributed by atoms with E-state index in [0.717, 1.165) is 48.4 Å². The summed E-state index contributed by atoms with van der Waals surface area (Å²) in [6.45, 7) is 5.86. The number of nitrogens with zero attached hydrogens (tertiary/aromatic N) is 1. The second-order valence-corrected chi connectivity index (χ2v) is 8.09. The quantitative estimate of drug-likeness (QED) is 0.710. The molecule has 0 N–H and O–H groups in total. The van der Waals surface area contributed by atoms with Crippen molar-refractivity contribution in [3.8, 4) is 11.5 Å². The number of hydrogen-bond donors (Lipinski definition) is 0. The van der Waals surface area contributed by atoms with E-state index in [1.807, 2.05) is 24.3 Å². The highest BCUT2D eigenvalue weighted by atomic mass is 19.1. The highest BCUT2D eigenvalue weighted by Crippen LogP contribution is 2.43. The number of likely N-dealkylation sites (tertiary alicyclic amines) is 1. The van der Waals surface area contributed by atoms with Crippen molar-refractivity contribution in [3.63, 3.8) is 0 Å². The molecule has 4 nitrogen and oxygen atoms in total. The second-order valence-electron chi connectivity index (χ2n) is 8.09. The van der Waals surface area contributed by atoms with E-state index >= 15 is 0 Å². The van der Waals surface area contributed by atoms with Crippen LogP contribution in [-0.4, -0.2) is 37.0 Å². The monoisotopic (exact) mass is 397 g/mol. The third-order valence-electron chi connectivity index (χ3n) is 5.83. The fourth-order valence-corrected chi connectivity index (χ4v) is 4.53. The molecule has 5 heteroatoms. The van der Waals surface area contributed by atoms with Gasteiger partial charge in [-0.1, -0.05) is 31.5 Å². The van der Waals surface area contributed by atoms with E-state index in [1.54, 1.807) is 13.0 Å². The van der Waals surface area contributed by atoms with Gasteiger partial charge in [0.05, 0.1) is 6.54 Å². The number of carbonyl (C=O) groups is 1. The Kier molecular flexibility index (Phi) is 5.86. The van der Waals surface area contributed by atoms with Crippen LogP contribution in [0.3, 0.4) is 0 Å². The summed E-state index contributed by atoms with van der Waals surface area (Å²) in [5.41, 5.74) is 2.85. The Bertz CT molecular complexity index is 898. The molecule has 29 heavy (non-hydrogen) atoms. The van der Waals surface area contributed by atoms with E-state index in [2.05, 4.69) is 17.9 Å². The van der Waals surface area contributed by atoms with Crippen LogP contribution in [0.5, 0.6) is 11.5 Å². The summed E-state index contributed by atoms with van der Waals surface area (Å²) in [4.78, 5) is 14.0. The minimum atomic E-state index is -0.169. The van der Waals surface area contributed by atoms with Crippen molar-refractivity contribution in [2.45, 2.75) is 45.1 Å². The molecule has 1 saturated heterocycles. The van der Waals surface area contributed by atoms with Gasteiger partial charge in [-0.05, 0) is 55.0 Å². The predicted octanol–water partition coefficient (Wildman–Crippen LogP) is 4.67. The van der Waals surface area contributed by atoms with Crippen LogP contribution in [0.1, 0.15) is 55.3 Å². The first-order valence-electron chi connectivity index (χ1n) is 10.5. The Morgan fingerprint density at radius 2 is 1.93 bits per heavy atom. The van der Waals surface area contributed by atoms with Crippen molar-refractivity contribution in [2.75, 3.05) is 26.3 Å². The molecule has 154 valence electrons. The lowest BCUT2D eigenvalue weighted by molar-refractivity contribution is -0.118. The van der Waals surface area contributed by atoms with E-state index in [1.165, 1.54) is 0 Å². The van der Waals surface area contributed by atoms with E-state index in [0.29, 0.717) is 25.3 Å². The van der Waals surface area contributed by atoms with Crippen LogP contribution < -0.4 is 9.47 Å². The van der Waals surface area contributed by atoms with Gasteiger partial charge in [-0.15, -0.1) is 0 Å². The fourth-order valence-electron chi connectivity index (χ4n) is 4.53. The van der Waals surface area contributed by atoms with Crippen LogP contribution in [0.2, 0.25) is 0 Å². The van der Waals surface area contributed by atoms with E-state index in [4.69, 9.17) is 9.47 Å². The molecule has 4 rings (SSSR count). The number of rotatable bonds is 6. The number of fused-ring (bicyclic) bond motifs is 1. The van der Waals surface area contributed by atoms with Gasteiger partial charge in [0.2, 0.25) is 0 Å². The van der Waals surface area contributed by atoms with Crippen molar-refractivity contribution in [1.82, 2.24) is 4.90 Å². The van der Waals surface area contributed by atoms with Crippen LogP contribution in [0.4, 0.5) is 4.39 Å². The molecule has 2 heterocycles. The summed E-state index contributed by atoms with van der Waals surface area (Å²) in [7, 11) is 0. The first-order chi connectivity index (χ1) is 14.0. The smallest absolute Gasteiger partial charge is 0.161 e. The summed E-state index contributed by atoms with van der Waals surface area (Å²) in [6.07, 6.45) is 2.64. The van der Waals surface area contributed by atoms with Gasteiger partial charge in [-0.3, -0.25) is 9.69 Å². The van der Waals surface area contributed by atoms with Crippen molar-refractivity contribution >= 4 is 5.78 Å². The Hall–Kier alpha value is -2.40. The normalized spacial score (nSPS) is 21.3. The minimum absolute atomic E-state index is 0.0980. The van der Waals surface area contributed by atoms with Gasteiger partial charge in [-0.25, -0.2) is 4.39 Å². The van der Waals surface area contributed by atoms with Crippen molar-refractivity contribution in [2.24, 2.45) is 0 Å². The molecule has 2 aromatic carbocycles. The fraction of sp³-hybridized carbons (Fsp3) is 0.458. The lowest BCUT2D eigenvalue weighted by Crippen LogP contribution is -2.29. The molecular weight excluding hydrogens is 369 g/mol. The molecule has 0 bridgehead atoms. The molecule has 2 aliphatic heterocycles. The van der Waals surface area contributed by atoms with Gasteiger partial charge in [0, 0.05) is 18.2 Å². The van der Waals surface area contributed by atoms with E-state index < -0.39 is 0 Å². The molecule has 0 saturated carbocycles. The lowest BCUT2D eigenvalue weighted by atomic mass is 9.92. The topological polar surface area (TPSA) is 38.8 Å². The van der Waals surface area contributed by atoms with E-state index in [-0.39, 0.29) is 23.6 Å². The molecule has 2 atom stereocenters. The zero-order valence-corrected chi connectivity index (χ0v) is 17.1. The maximum absolute atomic E-state index is 14.9. The van der Waals surface area contributed by atoms with Crippen molar-refractivity contribution in [3.05, 3.63) is 58.9 Å². The van der Waals surface area contributed by atoms with Crippen LogP contribution in [0, 0.1) is 5.82 Å². The highest BCUT2D eigenvalue weighted by Gasteiger charge is 2.36. The molecular formula is C24H28FNO3. The SMILES string of the molecule is CCCc1ccc([C@H]2CC(c3ccc4c(c3)OCCO4)CN2CC(C)=O)c(F)c1. The van der Waals surface area contributed by atoms with Crippen molar-refractivity contribution < 1.29 is 18.7 Å². The summed E-state index contributed by atoms with van der Waals surface area (Å²) in [5.74, 6) is 1.68. The Labute approximate surface area is 171 Å². The molecule has 0 aliphatic carbocycles. The van der Waals surface area contributed by atoms with Crippen LogP contribution >= 0.6 is 0 Å². The zero-order valence-electron chi connectivity index (χ0n) is 17.1. The molecule has 2 aliphatic rings. The molecule has 0 amide bonds. The first-order valence-corrected chi connectivity index (χ1v) is 10.5. The maximum atomic E-state index is 14.9. The summed E-state index contributed by atoms with van der Waals surface area (Å²) >= 11 is 0. The number of halogens is 1.